The number of carbonyl (C=O) groups is 1. The first kappa shape index (κ1) is 9.31. The lowest BCUT2D eigenvalue weighted by atomic mass is 10.2. The average molecular weight is 148 g/mol. The van der Waals surface area contributed by atoms with Gasteiger partial charge in [0.25, 0.3) is 0 Å². The van der Waals surface area contributed by atoms with Crippen LogP contribution in [0.5, 0.6) is 0 Å². The topological polar surface area (TPSA) is 113 Å². The van der Waals surface area contributed by atoms with E-state index in [1.54, 1.807) is 0 Å². The second-order valence-electron chi connectivity index (χ2n) is 1.82. The van der Waals surface area contributed by atoms with Crippen LogP contribution >= 0.6 is 0 Å². The molecular formula is C4H12N4O2. The molecule has 0 aromatic rings. The minimum atomic E-state index is -0.904. The lowest BCUT2D eigenvalue weighted by Gasteiger charge is -2.11. The average Bonchev–Trinajstić information content (AvgIpc) is 1.86. The summed E-state index contributed by atoms with van der Waals surface area (Å²) in [5, 5.41) is 8.28. The fourth-order valence-corrected chi connectivity index (χ4v) is 0.522. The molecule has 0 aliphatic carbocycles. The molecule has 60 valence electrons. The van der Waals surface area contributed by atoms with Crippen molar-refractivity contribution in [3.8, 4) is 0 Å². The number of carboxylic acid groups (broad SMARTS) is 1. The van der Waals surface area contributed by atoms with Crippen LogP contribution in [0, 0.1) is 0 Å². The minimum absolute atomic E-state index is 0.0410. The van der Waals surface area contributed by atoms with E-state index in [9.17, 15) is 4.79 Å². The summed E-state index contributed by atoms with van der Waals surface area (Å²) in [7, 11) is 0. The predicted molar refractivity (Wildman–Crippen MR) is 35.6 cm³/mol. The van der Waals surface area contributed by atoms with E-state index in [4.69, 9.17) is 16.7 Å². The van der Waals surface area contributed by atoms with Crippen molar-refractivity contribution >= 4 is 5.97 Å². The van der Waals surface area contributed by atoms with Crippen LogP contribution < -0.4 is 22.5 Å². The van der Waals surface area contributed by atoms with Gasteiger partial charge in [-0.3, -0.25) is 10.6 Å². The van der Waals surface area contributed by atoms with Gasteiger partial charge in [0, 0.05) is 12.6 Å². The van der Waals surface area contributed by atoms with Crippen LogP contribution in [0.1, 0.15) is 6.42 Å². The summed E-state index contributed by atoms with van der Waals surface area (Å²) in [5.74, 6) is 3.97. The van der Waals surface area contributed by atoms with Gasteiger partial charge in [0.2, 0.25) is 0 Å². The Bertz CT molecular complexity index is 107. The van der Waals surface area contributed by atoms with Gasteiger partial charge >= 0.3 is 5.97 Å². The fourth-order valence-electron chi connectivity index (χ4n) is 0.522. The smallest absolute Gasteiger partial charge is 0.305 e. The van der Waals surface area contributed by atoms with Gasteiger partial charge in [-0.15, -0.1) is 0 Å². The first-order valence-electron chi connectivity index (χ1n) is 2.83. The standard InChI is InChI=1S/C4H12N4O2/c5-2-3(7-8-6)1-4(9)10/h3,7-8H,1-2,5-6H2,(H,9,10)/t3-/m1/s1. The third-order valence-corrected chi connectivity index (χ3v) is 0.993. The van der Waals surface area contributed by atoms with Crippen LogP contribution in [0.2, 0.25) is 0 Å². The van der Waals surface area contributed by atoms with Crippen molar-refractivity contribution in [2.75, 3.05) is 6.54 Å². The zero-order valence-electron chi connectivity index (χ0n) is 5.50. The number of rotatable bonds is 5. The second-order valence-corrected chi connectivity index (χ2v) is 1.82. The Morgan fingerprint density at radius 2 is 2.30 bits per heavy atom. The molecule has 0 aromatic heterocycles. The Labute approximate surface area is 58.5 Å². The molecule has 0 heterocycles. The Morgan fingerprint density at radius 1 is 1.70 bits per heavy atom. The van der Waals surface area contributed by atoms with E-state index >= 15 is 0 Å². The monoisotopic (exact) mass is 148 g/mol. The first-order chi connectivity index (χ1) is 4.70. The van der Waals surface area contributed by atoms with E-state index in [-0.39, 0.29) is 19.0 Å². The maximum atomic E-state index is 10.1. The van der Waals surface area contributed by atoms with Crippen molar-refractivity contribution in [3.63, 3.8) is 0 Å². The Hall–Kier alpha value is -0.690. The van der Waals surface area contributed by atoms with Crippen molar-refractivity contribution in [1.29, 1.82) is 0 Å². The van der Waals surface area contributed by atoms with Gasteiger partial charge in [0.15, 0.2) is 0 Å². The predicted octanol–water partition coefficient (Wildman–Crippen LogP) is -2.24. The van der Waals surface area contributed by atoms with Gasteiger partial charge < -0.3 is 10.8 Å². The zero-order valence-corrected chi connectivity index (χ0v) is 5.50. The minimum Gasteiger partial charge on any atom is -0.481 e. The number of hydrogen-bond acceptors (Lipinski definition) is 5. The Balaban J connectivity index is 3.49. The van der Waals surface area contributed by atoms with E-state index in [2.05, 4.69) is 11.0 Å². The molecule has 0 aliphatic heterocycles. The maximum Gasteiger partial charge on any atom is 0.305 e. The molecule has 0 spiro atoms. The molecule has 0 amide bonds. The van der Waals surface area contributed by atoms with Gasteiger partial charge in [-0.05, 0) is 0 Å². The third-order valence-electron chi connectivity index (χ3n) is 0.993. The van der Waals surface area contributed by atoms with Crippen LogP contribution in [0.3, 0.4) is 0 Å². The lowest BCUT2D eigenvalue weighted by Crippen LogP contribution is -2.49. The summed E-state index contributed by atoms with van der Waals surface area (Å²) in [6.07, 6.45) is -0.0410. The van der Waals surface area contributed by atoms with Crippen LogP contribution in [0.4, 0.5) is 0 Å². The summed E-state index contributed by atoms with van der Waals surface area (Å²) in [4.78, 5) is 10.1. The third kappa shape index (κ3) is 4.21. The van der Waals surface area contributed by atoms with Crippen molar-refractivity contribution in [2.45, 2.75) is 12.5 Å². The number of hydrogen-bond donors (Lipinski definition) is 5. The highest BCUT2D eigenvalue weighted by atomic mass is 16.4. The first-order valence-corrected chi connectivity index (χ1v) is 2.83. The normalized spacial score (nSPS) is 13.0. The van der Waals surface area contributed by atoms with Crippen LogP contribution in [0.25, 0.3) is 0 Å². The van der Waals surface area contributed by atoms with Gasteiger partial charge in [-0.25, -0.2) is 5.43 Å². The summed E-state index contributed by atoms with van der Waals surface area (Å²) in [6.45, 7) is 0.233. The second kappa shape index (κ2) is 5.12. The quantitative estimate of drug-likeness (QED) is 0.222. The molecule has 0 aromatic carbocycles. The molecule has 0 unspecified atom stereocenters. The molecule has 0 bridgehead atoms. The number of carboxylic acids is 1. The van der Waals surface area contributed by atoms with Gasteiger partial charge in [0.05, 0.1) is 6.42 Å². The molecule has 10 heavy (non-hydrogen) atoms. The SMILES string of the molecule is NC[C@@H](CC(=O)O)NNN. The molecule has 0 saturated carbocycles. The van der Waals surface area contributed by atoms with Crippen LogP contribution in [-0.2, 0) is 4.79 Å². The van der Waals surface area contributed by atoms with Gasteiger partial charge in [-0.2, -0.15) is 5.53 Å². The highest BCUT2D eigenvalue weighted by Gasteiger charge is 2.08. The van der Waals surface area contributed by atoms with E-state index in [0.29, 0.717) is 0 Å². The molecule has 1 atom stereocenters. The van der Waals surface area contributed by atoms with Crippen LogP contribution in [0.15, 0.2) is 0 Å². The largest absolute Gasteiger partial charge is 0.481 e. The summed E-state index contributed by atoms with van der Waals surface area (Å²) in [6, 6.07) is -0.317. The van der Waals surface area contributed by atoms with Crippen molar-refractivity contribution in [2.24, 2.45) is 11.6 Å². The molecule has 0 aliphatic rings. The van der Waals surface area contributed by atoms with Gasteiger partial charge in [0.1, 0.15) is 0 Å². The molecule has 0 fully saturated rings. The van der Waals surface area contributed by atoms with E-state index in [1.807, 2.05) is 0 Å². The zero-order chi connectivity index (χ0) is 7.98. The Morgan fingerprint density at radius 3 is 2.60 bits per heavy atom. The van der Waals surface area contributed by atoms with Crippen molar-refractivity contribution < 1.29 is 9.90 Å². The summed E-state index contributed by atoms with van der Waals surface area (Å²) in [5.41, 5.74) is 9.80. The molecule has 0 radical (unpaired) electrons. The molecule has 7 N–H and O–H groups in total. The van der Waals surface area contributed by atoms with Gasteiger partial charge in [-0.1, -0.05) is 0 Å². The van der Waals surface area contributed by atoms with Crippen LogP contribution in [-0.4, -0.2) is 23.7 Å². The maximum absolute atomic E-state index is 10.1. The molecular weight excluding hydrogens is 136 g/mol. The molecule has 6 nitrogen and oxygen atoms in total. The number of nitrogens with one attached hydrogen (secondary N) is 2. The molecule has 0 rings (SSSR count). The summed E-state index contributed by atoms with van der Waals surface area (Å²) < 4.78 is 0. The lowest BCUT2D eigenvalue weighted by molar-refractivity contribution is -0.137. The van der Waals surface area contributed by atoms with E-state index < -0.39 is 5.97 Å². The molecule has 6 heteroatoms. The number of nitrogens with two attached hydrogens (primary N) is 2. The highest BCUT2D eigenvalue weighted by molar-refractivity contribution is 5.67. The summed E-state index contributed by atoms with van der Waals surface area (Å²) >= 11 is 0. The van der Waals surface area contributed by atoms with Crippen molar-refractivity contribution in [3.05, 3.63) is 0 Å². The molecule has 0 saturated heterocycles. The van der Waals surface area contributed by atoms with Crippen molar-refractivity contribution in [1.82, 2.24) is 11.0 Å². The van der Waals surface area contributed by atoms with E-state index in [1.165, 1.54) is 0 Å². The highest BCUT2D eigenvalue weighted by Crippen LogP contribution is 1.86. The number of hydrazine groups is 2. The van der Waals surface area contributed by atoms with E-state index in [0.717, 1.165) is 0 Å². The number of aliphatic carboxylic acids is 1. The fraction of sp³-hybridized carbons (Fsp3) is 0.750. The Kier molecular flexibility index (Phi) is 4.77.